The quantitative estimate of drug-likeness (QED) is 0.394. The average molecular weight is 569 g/mol. The molecule has 0 atom stereocenters. The van der Waals surface area contributed by atoms with Gasteiger partial charge in [0.25, 0.3) is 5.91 Å². The minimum Gasteiger partial charge on any atom is -0.355 e. The first-order valence-electron chi connectivity index (χ1n) is 12.8. The van der Waals surface area contributed by atoms with Crippen LogP contribution in [0.2, 0.25) is 5.02 Å². The molecule has 0 unspecified atom stereocenters. The molecule has 1 aliphatic heterocycles. The first kappa shape index (κ1) is 28.6. The number of anilines is 2. The fraction of sp³-hybridized carbons (Fsp3) is 0.345. The van der Waals surface area contributed by atoms with Crippen molar-refractivity contribution in [2.24, 2.45) is 5.92 Å². The zero-order chi connectivity index (χ0) is 28.2. The van der Waals surface area contributed by atoms with E-state index in [0.717, 1.165) is 24.7 Å². The van der Waals surface area contributed by atoms with Gasteiger partial charge in [0.15, 0.2) is 15.7 Å². The zero-order valence-corrected chi connectivity index (χ0v) is 23.8. The van der Waals surface area contributed by atoms with Crippen LogP contribution in [0.5, 0.6) is 0 Å². The van der Waals surface area contributed by atoms with Crippen LogP contribution < -0.4 is 15.5 Å². The second kappa shape index (κ2) is 11.8. The Morgan fingerprint density at radius 3 is 2.38 bits per heavy atom. The molecule has 206 valence electrons. The number of rotatable bonds is 8. The third kappa shape index (κ3) is 7.36. The molecule has 0 saturated carbocycles. The number of nitrogens with zero attached hydrogens (tertiary/aromatic N) is 2. The highest BCUT2D eigenvalue weighted by atomic mass is 35.5. The lowest BCUT2D eigenvalue weighted by Gasteiger charge is -2.34. The van der Waals surface area contributed by atoms with Crippen molar-refractivity contribution in [2.45, 2.75) is 43.5 Å². The molecule has 2 heterocycles. The predicted molar refractivity (Wildman–Crippen MR) is 154 cm³/mol. The number of benzene rings is 2. The van der Waals surface area contributed by atoms with Gasteiger partial charge < -0.3 is 15.5 Å². The molecular formula is C29H33ClN4O4S. The lowest BCUT2D eigenvalue weighted by atomic mass is 9.91. The van der Waals surface area contributed by atoms with Gasteiger partial charge in [0, 0.05) is 42.5 Å². The minimum absolute atomic E-state index is 0.00686. The van der Waals surface area contributed by atoms with Crippen molar-refractivity contribution in [3.8, 4) is 0 Å². The van der Waals surface area contributed by atoms with Crippen molar-refractivity contribution in [3.05, 3.63) is 83.0 Å². The first-order chi connectivity index (χ1) is 18.4. The molecule has 1 saturated heterocycles. The summed E-state index contributed by atoms with van der Waals surface area (Å²) in [5.74, 6) is 0.282. The van der Waals surface area contributed by atoms with E-state index in [1.165, 1.54) is 12.3 Å². The Hall–Kier alpha value is -3.43. The number of carbonyl (C=O) groups excluding carboxylic acids is 2. The molecule has 2 aromatic carbocycles. The van der Waals surface area contributed by atoms with Gasteiger partial charge in [-0.15, -0.1) is 0 Å². The summed E-state index contributed by atoms with van der Waals surface area (Å²) in [4.78, 5) is 32.3. The number of halogens is 1. The number of sulfone groups is 1. The molecule has 10 heteroatoms. The summed E-state index contributed by atoms with van der Waals surface area (Å²) < 4.78 is 24.4. The number of hydrogen-bond donors (Lipinski definition) is 2. The van der Waals surface area contributed by atoms with Crippen LogP contribution in [0.25, 0.3) is 0 Å². The normalized spacial score (nSPS) is 14.6. The van der Waals surface area contributed by atoms with E-state index in [1.807, 2.05) is 49.1 Å². The van der Waals surface area contributed by atoms with E-state index in [4.69, 9.17) is 11.6 Å². The maximum atomic E-state index is 12.9. The second-order valence-corrected chi connectivity index (χ2v) is 12.9. The third-order valence-electron chi connectivity index (χ3n) is 6.94. The Morgan fingerprint density at radius 1 is 1.05 bits per heavy atom. The van der Waals surface area contributed by atoms with E-state index in [9.17, 15) is 18.0 Å². The van der Waals surface area contributed by atoms with Crippen molar-refractivity contribution in [3.63, 3.8) is 0 Å². The van der Waals surface area contributed by atoms with Crippen molar-refractivity contribution in [1.82, 2.24) is 10.3 Å². The largest absolute Gasteiger partial charge is 0.355 e. The summed E-state index contributed by atoms with van der Waals surface area (Å²) in [6, 6.07) is 17.8. The monoisotopic (exact) mass is 568 g/mol. The van der Waals surface area contributed by atoms with Gasteiger partial charge in [-0.2, -0.15) is 0 Å². The summed E-state index contributed by atoms with van der Waals surface area (Å²) in [7, 11) is -3.54. The smallest absolute Gasteiger partial charge is 0.255 e. The number of aromatic nitrogens is 1. The highest BCUT2D eigenvalue weighted by Crippen LogP contribution is 2.31. The number of amides is 2. The van der Waals surface area contributed by atoms with Crippen LogP contribution in [0, 0.1) is 5.92 Å². The maximum absolute atomic E-state index is 12.9. The van der Waals surface area contributed by atoms with E-state index in [0.29, 0.717) is 41.6 Å². The number of carbonyl (C=O) groups is 2. The van der Waals surface area contributed by atoms with Crippen LogP contribution in [-0.2, 0) is 20.2 Å². The zero-order valence-electron chi connectivity index (χ0n) is 22.3. The summed E-state index contributed by atoms with van der Waals surface area (Å²) in [5.41, 5.74) is 1.23. The van der Waals surface area contributed by atoms with Crippen LogP contribution in [0.1, 0.15) is 49.0 Å². The molecule has 39 heavy (non-hydrogen) atoms. The fourth-order valence-corrected chi connectivity index (χ4v) is 5.51. The maximum Gasteiger partial charge on any atom is 0.255 e. The lowest BCUT2D eigenvalue weighted by molar-refractivity contribution is -0.123. The molecule has 0 aliphatic carbocycles. The highest BCUT2D eigenvalue weighted by Gasteiger charge is 2.28. The summed E-state index contributed by atoms with van der Waals surface area (Å²) in [6.45, 7) is 5.22. The molecule has 8 nitrogen and oxygen atoms in total. The number of piperidine rings is 1. The van der Waals surface area contributed by atoms with Gasteiger partial charge >= 0.3 is 0 Å². The molecule has 1 fully saturated rings. The number of nitrogens with one attached hydrogen (secondary N) is 2. The van der Waals surface area contributed by atoms with Crippen LogP contribution in [0.4, 0.5) is 11.5 Å². The minimum atomic E-state index is -3.54. The molecule has 0 radical (unpaired) electrons. The van der Waals surface area contributed by atoms with E-state index >= 15 is 0 Å². The van der Waals surface area contributed by atoms with Crippen LogP contribution >= 0.6 is 11.6 Å². The molecule has 2 N–H and O–H groups in total. The number of pyridine rings is 1. The van der Waals surface area contributed by atoms with E-state index in [2.05, 4.69) is 15.6 Å². The second-order valence-electron chi connectivity index (χ2n) is 10.5. The average Bonchev–Trinajstić information content (AvgIpc) is 2.89. The van der Waals surface area contributed by atoms with E-state index in [-0.39, 0.29) is 16.7 Å². The van der Waals surface area contributed by atoms with Gasteiger partial charge in [0.05, 0.1) is 16.1 Å². The van der Waals surface area contributed by atoms with Crippen molar-refractivity contribution < 1.29 is 18.0 Å². The van der Waals surface area contributed by atoms with Crippen LogP contribution in [0.3, 0.4) is 0 Å². The Balaban J connectivity index is 1.44. The van der Waals surface area contributed by atoms with Gasteiger partial charge in [-0.25, -0.2) is 13.4 Å². The van der Waals surface area contributed by atoms with Gasteiger partial charge in [0.2, 0.25) is 5.91 Å². The van der Waals surface area contributed by atoms with Crippen LogP contribution in [-0.4, -0.2) is 44.6 Å². The molecule has 0 bridgehead atoms. The molecule has 3 aromatic rings. The topological polar surface area (TPSA) is 108 Å². The first-order valence-corrected chi connectivity index (χ1v) is 15.1. The molecule has 1 aliphatic rings. The van der Waals surface area contributed by atoms with Crippen molar-refractivity contribution in [2.75, 3.05) is 29.6 Å². The van der Waals surface area contributed by atoms with Crippen molar-refractivity contribution >= 4 is 44.8 Å². The van der Waals surface area contributed by atoms with Gasteiger partial charge in [0.1, 0.15) is 0 Å². The lowest BCUT2D eigenvalue weighted by Crippen LogP contribution is -2.43. The Morgan fingerprint density at radius 2 is 1.74 bits per heavy atom. The standard InChI is InChI=1S/C29H33ClN4O4S/c1-29(2,22-9-5-4-6-10-22)33-26(35)16-20-12-14-34(15-13-20)27-25(18-24(19-31-27)39(3,37)38)32-28(36)21-8-7-11-23(30)17-21/h4-11,17-20H,12-16H2,1-3H3,(H,32,36)(H,33,35). The Bertz CT molecular complexity index is 1450. The van der Waals surface area contributed by atoms with Gasteiger partial charge in [-0.3, -0.25) is 9.59 Å². The highest BCUT2D eigenvalue weighted by molar-refractivity contribution is 7.90. The molecule has 0 spiro atoms. The molecule has 2 amide bonds. The Kier molecular flexibility index (Phi) is 8.61. The number of hydrogen-bond acceptors (Lipinski definition) is 6. The van der Waals surface area contributed by atoms with Crippen LogP contribution in [0.15, 0.2) is 71.8 Å². The fourth-order valence-electron chi connectivity index (χ4n) is 4.75. The SMILES string of the molecule is CC(C)(NC(=O)CC1CCN(c2ncc(S(C)(=O)=O)cc2NC(=O)c2cccc(Cl)c2)CC1)c1ccccc1. The third-order valence-corrected chi connectivity index (χ3v) is 8.25. The Labute approximate surface area is 234 Å². The molecule has 4 rings (SSSR count). The predicted octanol–water partition coefficient (Wildman–Crippen LogP) is 5.05. The summed E-state index contributed by atoms with van der Waals surface area (Å²) in [5, 5.41) is 6.39. The van der Waals surface area contributed by atoms with Gasteiger partial charge in [-0.05, 0) is 62.4 Å². The summed E-state index contributed by atoms with van der Waals surface area (Å²) >= 11 is 6.04. The van der Waals surface area contributed by atoms with Crippen molar-refractivity contribution in [1.29, 1.82) is 0 Å². The van der Waals surface area contributed by atoms with Gasteiger partial charge in [-0.1, -0.05) is 48.0 Å². The molecular weight excluding hydrogens is 536 g/mol. The van der Waals surface area contributed by atoms with E-state index in [1.54, 1.807) is 24.3 Å². The summed E-state index contributed by atoms with van der Waals surface area (Å²) in [6.07, 6.45) is 4.35. The van der Waals surface area contributed by atoms with E-state index < -0.39 is 21.3 Å². The molecule has 1 aromatic heterocycles.